The van der Waals surface area contributed by atoms with Crippen LogP contribution < -0.4 is 5.32 Å². The molecular formula is C18H16ClN5O3. The van der Waals surface area contributed by atoms with Crippen molar-refractivity contribution in [2.75, 3.05) is 5.32 Å². The standard InChI is InChI=1S/C18H16ClN5O3/c1-12(17(25)23-15-3-2-8-21-16(15)19)27-18(26)14-6-4-13(5-7-14)9-24-11-20-10-22-24/h2-8,10-12H,9H2,1H3,(H,23,25). The number of esters is 1. The molecule has 0 aliphatic carbocycles. The summed E-state index contributed by atoms with van der Waals surface area (Å²) < 4.78 is 6.88. The van der Waals surface area contributed by atoms with Crippen molar-refractivity contribution in [3.05, 3.63) is 71.5 Å². The van der Waals surface area contributed by atoms with Gasteiger partial charge in [-0.1, -0.05) is 23.7 Å². The maximum Gasteiger partial charge on any atom is 0.338 e. The normalized spacial score (nSPS) is 11.6. The molecule has 1 atom stereocenters. The Hall–Kier alpha value is -3.26. The molecule has 1 aromatic carbocycles. The lowest BCUT2D eigenvalue weighted by Gasteiger charge is -2.14. The number of aromatic nitrogens is 4. The fourth-order valence-corrected chi connectivity index (χ4v) is 2.41. The Morgan fingerprint density at radius 3 is 2.70 bits per heavy atom. The van der Waals surface area contributed by atoms with Crippen LogP contribution in [0.3, 0.4) is 0 Å². The van der Waals surface area contributed by atoms with Gasteiger partial charge in [-0.25, -0.2) is 19.4 Å². The number of pyridine rings is 1. The van der Waals surface area contributed by atoms with Crippen LogP contribution in [0.2, 0.25) is 5.15 Å². The van der Waals surface area contributed by atoms with E-state index in [9.17, 15) is 9.59 Å². The Kier molecular flexibility index (Phi) is 5.77. The number of carbonyl (C=O) groups excluding carboxylic acids is 2. The number of benzene rings is 1. The predicted octanol–water partition coefficient (Wildman–Crippen LogP) is 2.56. The molecule has 0 aliphatic rings. The molecule has 0 saturated heterocycles. The summed E-state index contributed by atoms with van der Waals surface area (Å²) in [6.45, 7) is 2.02. The fraction of sp³-hybridized carbons (Fsp3) is 0.167. The third kappa shape index (κ3) is 4.89. The molecule has 1 amide bonds. The Bertz CT molecular complexity index is 928. The van der Waals surface area contributed by atoms with Crippen molar-refractivity contribution in [1.82, 2.24) is 19.7 Å². The zero-order valence-electron chi connectivity index (χ0n) is 14.4. The molecule has 138 valence electrons. The monoisotopic (exact) mass is 385 g/mol. The van der Waals surface area contributed by atoms with Gasteiger partial charge < -0.3 is 10.1 Å². The molecule has 1 unspecified atom stereocenters. The van der Waals surface area contributed by atoms with Crippen molar-refractivity contribution in [1.29, 1.82) is 0 Å². The molecule has 8 nitrogen and oxygen atoms in total. The van der Waals surface area contributed by atoms with Crippen LogP contribution in [0.1, 0.15) is 22.8 Å². The number of amides is 1. The van der Waals surface area contributed by atoms with Crippen LogP contribution in [0, 0.1) is 0 Å². The molecule has 2 heterocycles. The lowest BCUT2D eigenvalue weighted by atomic mass is 10.1. The second-order valence-corrected chi connectivity index (χ2v) is 6.03. The zero-order valence-corrected chi connectivity index (χ0v) is 15.1. The minimum absolute atomic E-state index is 0.160. The highest BCUT2D eigenvalue weighted by molar-refractivity contribution is 6.32. The second kappa shape index (κ2) is 8.41. The van der Waals surface area contributed by atoms with Gasteiger partial charge >= 0.3 is 5.97 Å². The topological polar surface area (TPSA) is 99.0 Å². The number of nitrogens with zero attached hydrogens (tertiary/aromatic N) is 4. The minimum atomic E-state index is -0.997. The van der Waals surface area contributed by atoms with Crippen molar-refractivity contribution in [3.63, 3.8) is 0 Å². The summed E-state index contributed by atoms with van der Waals surface area (Å²) in [7, 11) is 0. The van der Waals surface area contributed by atoms with Gasteiger partial charge in [0.05, 0.1) is 17.8 Å². The molecular weight excluding hydrogens is 370 g/mol. The highest BCUT2D eigenvalue weighted by atomic mass is 35.5. The molecule has 0 aliphatic heterocycles. The van der Waals surface area contributed by atoms with Crippen LogP contribution in [0.15, 0.2) is 55.2 Å². The smallest absolute Gasteiger partial charge is 0.338 e. The summed E-state index contributed by atoms with van der Waals surface area (Å²) in [6.07, 6.45) is 3.57. The van der Waals surface area contributed by atoms with E-state index in [0.29, 0.717) is 17.8 Å². The third-order valence-corrected chi connectivity index (χ3v) is 3.97. The molecule has 3 aromatic rings. The first-order valence-electron chi connectivity index (χ1n) is 8.06. The Morgan fingerprint density at radius 1 is 1.26 bits per heavy atom. The number of ether oxygens (including phenoxy) is 1. The van der Waals surface area contributed by atoms with Crippen LogP contribution in [-0.2, 0) is 16.1 Å². The zero-order chi connectivity index (χ0) is 19.2. The van der Waals surface area contributed by atoms with Gasteiger partial charge in [0.1, 0.15) is 12.7 Å². The van der Waals surface area contributed by atoms with Gasteiger partial charge in [-0.15, -0.1) is 0 Å². The van der Waals surface area contributed by atoms with Gasteiger partial charge in [-0.3, -0.25) is 4.79 Å². The van der Waals surface area contributed by atoms with E-state index in [1.165, 1.54) is 19.4 Å². The SMILES string of the molecule is CC(OC(=O)c1ccc(Cn2cncn2)cc1)C(=O)Nc1cccnc1Cl. The second-order valence-electron chi connectivity index (χ2n) is 5.67. The van der Waals surface area contributed by atoms with Gasteiger partial charge in [-0.2, -0.15) is 5.10 Å². The largest absolute Gasteiger partial charge is 0.449 e. The number of rotatable bonds is 6. The van der Waals surface area contributed by atoms with Gasteiger partial charge in [0.15, 0.2) is 11.3 Å². The summed E-state index contributed by atoms with van der Waals surface area (Å²) >= 11 is 5.90. The van der Waals surface area contributed by atoms with E-state index in [1.54, 1.807) is 47.4 Å². The van der Waals surface area contributed by atoms with Crippen LogP contribution in [0.4, 0.5) is 5.69 Å². The maximum atomic E-state index is 12.2. The maximum absolute atomic E-state index is 12.2. The highest BCUT2D eigenvalue weighted by Crippen LogP contribution is 2.18. The third-order valence-electron chi connectivity index (χ3n) is 3.67. The van der Waals surface area contributed by atoms with Crippen molar-refractivity contribution >= 4 is 29.2 Å². The van der Waals surface area contributed by atoms with Crippen LogP contribution in [0.5, 0.6) is 0 Å². The summed E-state index contributed by atoms with van der Waals surface area (Å²) in [5, 5.41) is 6.76. The Balaban J connectivity index is 1.57. The molecule has 2 aromatic heterocycles. The van der Waals surface area contributed by atoms with E-state index in [0.717, 1.165) is 5.56 Å². The summed E-state index contributed by atoms with van der Waals surface area (Å²) in [4.78, 5) is 32.2. The number of nitrogens with one attached hydrogen (secondary N) is 1. The average Bonchev–Trinajstić information content (AvgIpc) is 3.17. The fourth-order valence-electron chi connectivity index (χ4n) is 2.24. The molecule has 0 fully saturated rings. The van der Waals surface area contributed by atoms with Crippen molar-refractivity contribution in [2.24, 2.45) is 0 Å². The van der Waals surface area contributed by atoms with Crippen molar-refractivity contribution < 1.29 is 14.3 Å². The Labute approximate surface area is 160 Å². The molecule has 1 N–H and O–H groups in total. The number of hydrogen-bond donors (Lipinski definition) is 1. The summed E-state index contributed by atoms with van der Waals surface area (Å²) in [6, 6.07) is 10.1. The molecule has 0 bridgehead atoms. The lowest BCUT2D eigenvalue weighted by molar-refractivity contribution is -0.123. The summed E-state index contributed by atoms with van der Waals surface area (Å²) in [5.74, 6) is -1.09. The van der Waals surface area contributed by atoms with E-state index < -0.39 is 18.0 Å². The van der Waals surface area contributed by atoms with Gasteiger partial charge in [-0.05, 0) is 36.8 Å². The van der Waals surface area contributed by atoms with E-state index in [-0.39, 0.29) is 5.15 Å². The van der Waals surface area contributed by atoms with E-state index in [2.05, 4.69) is 20.4 Å². The molecule has 0 saturated carbocycles. The van der Waals surface area contributed by atoms with Gasteiger partial charge in [0, 0.05) is 6.20 Å². The number of carbonyl (C=O) groups is 2. The van der Waals surface area contributed by atoms with Crippen LogP contribution in [-0.4, -0.2) is 37.7 Å². The number of halogens is 1. The predicted molar refractivity (Wildman–Crippen MR) is 98.3 cm³/mol. The first-order chi connectivity index (χ1) is 13.0. The average molecular weight is 386 g/mol. The molecule has 0 spiro atoms. The highest BCUT2D eigenvalue weighted by Gasteiger charge is 2.20. The van der Waals surface area contributed by atoms with Gasteiger partial charge in [0.2, 0.25) is 0 Å². The lowest BCUT2D eigenvalue weighted by Crippen LogP contribution is -2.30. The number of hydrogen-bond acceptors (Lipinski definition) is 6. The Morgan fingerprint density at radius 2 is 2.04 bits per heavy atom. The van der Waals surface area contributed by atoms with Crippen molar-refractivity contribution in [3.8, 4) is 0 Å². The first kappa shape index (κ1) is 18.5. The molecule has 0 radical (unpaired) electrons. The van der Waals surface area contributed by atoms with Crippen LogP contribution >= 0.6 is 11.6 Å². The quantitative estimate of drug-likeness (QED) is 0.517. The van der Waals surface area contributed by atoms with E-state index in [4.69, 9.17) is 16.3 Å². The molecule has 3 rings (SSSR count). The minimum Gasteiger partial charge on any atom is -0.449 e. The molecule has 9 heteroatoms. The first-order valence-corrected chi connectivity index (χ1v) is 8.44. The van der Waals surface area contributed by atoms with Crippen LogP contribution in [0.25, 0.3) is 0 Å². The van der Waals surface area contributed by atoms with E-state index >= 15 is 0 Å². The summed E-state index contributed by atoms with van der Waals surface area (Å²) in [5.41, 5.74) is 1.65. The van der Waals surface area contributed by atoms with Gasteiger partial charge in [0.25, 0.3) is 5.91 Å². The number of anilines is 1. The van der Waals surface area contributed by atoms with E-state index in [1.807, 2.05) is 0 Å². The van der Waals surface area contributed by atoms with Crippen molar-refractivity contribution in [2.45, 2.75) is 19.6 Å². The molecule has 27 heavy (non-hydrogen) atoms.